The fraction of sp³-hybridized carbons (Fsp3) is 0.154. The van der Waals surface area contributed by atoms with E-state index in [9.17, 15) is 9.18 Å². The van der Waals surface area contributed by atoms with Gasteiger partial charge in [-0.25, -0.2) is 9.18 Å². The maximum atomic E-state index is 13.2. The molecule has 5 heteroatoms. The lowest BCUT2D eigenvalue weighted by atomic mass is 10.2. The van der Waals surface area contributed by atoms with E-state index in [0.29, 0.717) is 22.7 Å². The first-order valence-corrected chi connectivity index (χ1v) is 6.25. The summed E-state index contributed by atoms with van der Waals surface area (Å²) < 4.78 is 13.2. The number of aryl methyl sites for hydroxylation is 1. The van der Waals surface area contributed by atoms with Gasteiger partial charge < -0.3 is 10.4 Å². The molecule has 2 N–H and O–H groups in total. The van der Waals surface area contributed by atoms with Crippen molar-refractivity contribution in [3.63, 3.8) is 0 Å². The van der Waals surface area contributed by atoms with Gasteiger partial charge in [0, 0.05) is 12.2 Å². The Morgan fingerprint density at radius 3 is 2.89 bits per heavy atom. The van der Waals surface area contributed by atoms with E-state index in [2.05, 4.69) is 5.32 Å². The molecule has 0 unspecified atom stereocenters. The van der Waals surface area contributed by atoms with Gasteiger partial charge in [0.15, 0.2) is 0 Å². The van der Waals surface area contributed by atoms with Crippen LogP contribution in [0.2, 0.25) is 0 Å². The highest BCUT2D eigenvalue weighted by Crippen LogP contribution is 2.19. The van der Waals surface area contributed by atoms with Gasteiger partial charge >= 0.3 is 5.97 Å². The van der Waals surface area contributed by atoms with Gasteiger partial charge in [0.05, 0.1) is 0 Å². The van der Waals surface area contributed by atoms with Crippen molar-refractivity contribution < 1.29 is 14.3 Å². The van der Waals surface area contributed by atoms with Gasteiger partial charge in [-0.2, -0.15) is 0 Å². The van der Waals surface area contributed by atoms with Crippen LogP contribution >= 0.6 is 11.3 Å². The van der Waals surface area contributed by atoms with Crippen molar-refractivity contribution in [2.75, 3.05) is 5.32 Å². The highest BCUT2D eigenvalue weighted by molar-refractivity contribution is 7.12. The number of anilines is 1. The first kappa shape index (κ1) is 12.6. The van der Waals surface area contributed by atoms with Gasteiger partial charge in [-0.1, -0.05) is 0 Å². The van der Waals surface area contributed by atoms with Crippen molar-refractivity contribution in [1.82, 2.24) is 0 Å². The molecule has 0 bridgehead atoms. The van der Waals surface area contributed by atoms with Gasteiger partial charge in [-0.15, -0.1) is 11.3 Å². The summed E-state index contributed by atoms with van der Waals surface area (Å²) in [5.41, 5.74) is 2.17. The van der Waals surface area contributed by atoms with E-state index in [1.165, 1.54) is 23.5 Å². The minimum Gasteiger partial charge on any atom is -0.477 e. The second-order valence-corrected chi connectivity index (χ2v) is 4.87. The molecule has 2 aromatic rings. The Balaban J connectivity index is 2.11. The zero-order chi connectivity index (χ0) is 13.1. The summed E-state index contributed by atoms with van der Waals surface area (Å²) in [6, 6.07) is 6.40. The van der Waals surface area contributed by atoms with E-state index in [4.69, 9.17) is 5.11 Å². The molecule has 0 aliphatic heterocycles. The molecule has 1 aromatic carbocycles. The smallest absolute Gasteiger partial charge is 0.346 e. The second kappa shape index (κ2) is 5.18. The van der Waals surface area contributed by atoms with Crippen molar-refractivity contribution in [2.45, 2.75) is 13.5 Å². The Hall–Kier alpha value is -1.88. The molecular formula is C13H12FNO2S. The second-order valence-electron chi connectivity index (χ2n) is 3.95. The number of aromatic carboxylic acids is 1. The molecule has 0 aliphatic rings. The standard InChI is InChI=1S/C13H12FNO2S/c1-8-4-10(14)6-11(5-8)15-7-9-2-3-18-12(9)13(16)17/h2-6,15H,7H2,1H3,(H,16,17). The Morgan fingerprint density at radius 2 is 2.22 bits per heavy atom. The van der Waals surface area contributed by atoms with Crippen LogP contribution in [0.3, 0.4) is 0 Å². The predicted octanol–water partition coefficient (Wildman–Crippen LogP) is 3.51. The molecule has 0 radical (unpaired) electrons. The van der Waals surface area contributed by atoms with Crippen LogP contribution in [0.4, 0.5) is 10.1 Å². The maximum absolute atomic E-state index is 13.2. The third-order valence-electron chi connectivity index (χ3n) is 2.47. The normalized spacial score (nSPS) is 10.3. The number of carboxylic acid groups (broad SMARTS) is 1. The topological polar surface area (TPSA) is 49.3 Å². The van der Waals surface area contributed by atoms with Crippen LogP contribution in [0, 0.1) is 12.7 Å². The molecule has 0 atom stereocenters. The summed E-state index contributed by atoms with van der Waals surface area (Å²) in [5, 5.41) is 13.7. The number of hydrogen-bond acceptors (Lipinski definition) is 3. The SMILES string of the molecule is Cc1cc(F)cc(NCc2ccsc2C(=O)O)c1. The van der Waals surface area contributed by atoms with Crippen LogP contribution in [0.15, 0.2) is 29.6 Å². The Labute approximate surface area is 108 Å². The van der Waals surface area contributed by atoms with E-state index in [1.54, 1.807) is 11.4 Å². The maximum Gasteiger partial charge on any atom is 0.346 e. The highest BCUT2D eigenvalue weighted by Gasteiger charge is 2.11. The van der Waals surface area contributed by atoms with Gasteiger partial charge in [-0.05, 0) is 47.7 Å². The summed E-state index contributed by atoms with van der Waals surface area (Å²) in [6.45, 7) is 2.18. The number of thiophene rings is 1. The fourth-order valence-corrected chi connectivity index (χ4v) is 2.46. The monoisotopic (exact) mass is 265 g/mol. The minimum atomic E-state index is -0.933. The summed E-state index contributed by atoms with van der Waals surface area (Å²) >= 11 is 1.19. The lowest BCUT2D eigenvalue weighted by Crippen LogP contribution is -2.04. The first-order valence-electron chi connectivity index (χ1n) is 5.37. The third kappa shape index (κ3) is 2.87. The molecule has 1 heterocycles. The molecule has 94 valence electrons. The molecule has 0 fully saturated rings. The number of rotatable bonds is 4. The molecule has 18 heavy (non-hydrogen) atoms. The predicted molar refractivity (Wildman–Crippen MR) is 69.7 cm³/mol. The fourth-order valence-electron chi connectivity index (χ4n) is 1.70. The third-order valence-corrected chi connectivity index (χ3v) is 3.41. The van der Waals surface area contributed by atoms with Crippen molar-refractivity contribution in [3.8, 4) is 0 Å². The highest BCUT2D eigenvalue weighted by atomic mass is 32.1. The average Bonchev–Trinajstić information content (AvgIpc) is 2.73. The summed E-state index contributed by atoms with van der Waals surface area (Å²) in [5.74, 6) is -1.24. The zero-order valence-corrected chi connectivity index (χ0v) is 10.6. The zero-order valence-electron chi connectivity index (χ0n) is 9.74. The number of benzene rings is 1. The lowest BCUT2D eigenvalue weighted by molar-refractivity contribution is 0.0701. The van der Waals surface area contributed by atoms with Crippen LogP contribution in [-0.2, 0) is 6.54 Å². The average molecular weight is 265 g/mol. The molecular weight excluding hydrogens is 253 g/mol. The van der Waals surface area contributed by atoms with Crippen LogP contribution in [0.5, 0.6) is 0 Å². The number of halogens is 1. The van der Waals surface area contributed by atoms with E-state index >= 15 is 0 Å². The summed E-state index contributed by atoms with van der Waals surface area (Å²) in [4.78, 5) is 11.2. The summed E-state index contributed by atoms with van der Waals surface area (Å²) in [6.07, 6.45) is 0. The van der Waals surface area contributed by atoms with Crippen molar-refractivity contribution in [3.05, 3.63) is 51.5 Å². The first-order chi connectivity index (χ1) is 8.56. The van der Waals surface area contributed by atoms with Crippen LogP contribution < -0.4 is 5.32 Å². The van der Waals surface area contributed by atoms with Crippen molar-refractivity contribution >= 4 is 23.0 Å². The Morgan fingerprint density at radius 1 is 1.44 bits per heavy atom. The number of carboxylic acids is 1. The molecule has 0 amide bonds. The molecule has 0 aliphatic carbocycles. The van der Waals surface area contributed by atoms with E-state index in [-0.39, 0.29) is 5.82 Å². The molecule has 1 aromatic heterocycles. The van der Waals surface area contributed by atoms with E-state index < -0.39 is 5.97 Å². The summed E-state index contributed by atoms with van der Waals surface area (Å²) in [7, 11) is 0. The molecule has 2 rings (SSSR count). The van der Waals surface area contributed by atoms with Crippen LogP contribution in [0.25, 0.3) is 0 Å². The van der Waals surface area contributed by atoms with E-state index in [1.807, 2.05) is 13.0 Å². The Bertz CT molecular complexity index is 560. The number of nitrogens with one attached hydrogen (secondary N) is 1. The molecule has 0 spiro atoms. The van der Waals surface area contributed by atoms with Crippen LogP contribution in [0.1, 0.15) is 20.8 Å². The van der Waals surface area contributed by atoms with Gasteiger partial charge in [-0.3, -0.25) is 0 Å². The number of carbonyl (C=O) groups is 1. The Kier molecular flexibility index (Phi) is 3.62. The van der Waals surface area contributed by atoms with Crippen molar-refractivity contribution in [1.29, 1.82) is 0 Å². The van der Waals surface area contributed by atoms with Gasteiger partial charge in [0.25, 0.3) is 0 Å². The van der Waals surface area contributed by atoms with Gasteiger partial charge in [0.2, 0.25) is 0 Å². The van der Waals surface area contributed by atoms with Crippen LogP contribution in [-0.4, -0.2) is 11.1 Å². The molecule has 3 nitrogen and oxygen atoms in total. The van der Waals surface area contributed by atoms with Gasteiger partial charge in [0.1, 0.15) is 10.7 Å². The molecule has 0 saturated heterocycles. The van der Waals surface area contributed by atoms with Crippen molar-refractivity contribution in [2.24, 2.45) is 0 Å². The lowest BCUT2D eigenvalue weighted by Gasteiger charge is -2.07. The largest absolute Gasteiger partial charge is 0.477 e. The van der Waals surface area contributed by atoms with E-state index in [0.717, 1.165) is 5.56 Å². The quantitative estimate of drug-likeness (QED) is 0.889. The molecule has 0 saturated carbocycles. The minimum absolute atomic E-state index is 0.304. The number of hydrogen-bond donors (Lipinski definition) is 2.